The predicted molar refractivity (Wildman–Crippen MR) is 83.0 cm³/mol. The molecule has 1 heterocycles. The average molecular weight is 325 g/mol. The maximum absolute atomic E-state index is 12.0. The molecule has 1 aromatic heterocycles. The number of carbonyl (C=O) groups excluding carboxylic acids is 1. The van der Waals surface area contributed by atoms with E-state index in [9.17, 15) is 14.9 Å². The minimum absolute atomic E-state index is 0.0444. The molecule has 0 spiro atoms. The molecule has 0 fully saturated rings. The van der Waals surface area contributed by atoms with Crippen LogP contribution in [0.2, 0.25) is 5.02 Å². The summed E-state index contributed by atoms with van der Waals surface area (Å²) in [5, 5.41) is 13.4. The van der Waals surface area contributed by atoms with Gasteiger partial charge in [0.05, 0.1) is 11.5 Å². The summed E-state index contributed by atoms with van der Waals surface area (Å²) in [6, 6.07) is 7.95. The maximum Gasteiger partial charge on any atom is 0.287 e. The Morgan fingerprint density at radius 1 is 1.33 bits per heavy atom. The van der Waals surface area contributed by atoms with Gasteiger partial charge in [-0.1, -0.05) is 18.5 Å². The molecule has 0 aliphatic rings. The van der Waals surface area contributed by atoms with E-state index in [4.69, 9.17) is 11.6 Å². The van der Waals surface area contributed by atoms with Crippen molar-refractivity contribution in [1.29, 1.82) is 0 Å². The highest BCUT2D eigenvalue weighted by Gasteiger charge is 2.15. The zero-order chi connectivity index (χ0) is 15.4. The maximum atomic E-state index is 12.0. The Labute approximate surface area is 130 Å². The number of aryl methyl sites for hydroxylation is 1. The molecule has 0 saturated heterocycles. The molecule has 0 atom stereocenters. The number of hydrogen-bond donors (Lipinski definition) is 1. The summed E-state index contributed by atoms with van der Waals surface area (Å²) in [5.74, 6) is -0.307. The summed E-state index contributed by atoms with van der Waals surface area (Å²) < 4.78 is 0. The second-order valence-corrected chi connectivity index (χ2v) is 5.99. The molecule has 1 N–H and O–H groups in total. The summed E-state index contributed by atoms with van der Waals surface area (Å²) in [6.45, 7) is 2.51. The van der Waals surface area contributed by atoms with E-state index in [1.165, 1.54) is 23.1 Å². The van der Waals surface area contributed by atoms with Crippen LogP contribution in [0, 0.1) is 10.1 Å². The third-order valence-corrected chi connectivity index (χ3v) is 4.43. The molecule has 0 radical (unpaired) electrons. The molecule has 110 valence electrons. The Bertz CT molecular complexity index is 685. The summed E-state index contributed by atoms with van der Waals surface area (Å²) in [6.07, 6.45) is 0.969. The molecule has 5 nitrogen and oxygen atoms in total. The number of halogens is 1. The highest BCUT2D eigenvalue weighted by atomic mass is 35.5. The van der Waals surface area contributed by atoms with Gasteiger partial charge in [-0.25, -0.2) is 0 Å². The first kappa shape index (κ1) is 15.5. The molecule has 0 aliphatic heterocycles. The first-order valence-corrected chi connectivity index (χ1v) is 7.50. The fourth-order valence-corrected chi connectivity index (χ4v) is 2.92. The van der Waals surface area contributed by atoms with E-state index >= 15 is 0 Å². The van der Waals surface area contributed by atoms with E-state index in [1.807, 2.05) is 12.1 Å². The minimum Gasteiger partial charge on any atom is -0.347 e. The number of nitro groups is 1. The standard InChI is InChI=1S/C14H13ClN2O3S/c1-2-10-4-5-11(21-10)8-16-14(18)9-3-6-13(17(19)20)12(15)7-9/h3-7H,2,8H2,1H3,(H,16,18). The fourth-order valence-electron chi connectivity index (χ4n) is 1.77. The van der Waals surface area contributed by atoms with Gasteiger partial charge < -0.3 is 5.32 Å². The number of amides is 1. The van der Waals surface area contributed by atoms with Crippen LogP contribution in [-0.2, 0) is 13.0 Å². The highest BCUT2D eigenvalue weighted by Crippen LogP contribution is 2.25. The first-order chi connectivity index (χ1) is 10.0. The summed E-state index contributed by atoms with van der Waals surface area (Å²) in [5.41, 5.74) is 0.0944. The van der Waals surface area contributed by atoms with Crippen LogP contribution in [0.15, 0.2) is 30.3 Å². The minimum atomic E-state index is -0.581. The smallest absolute Gasteiger partial charge is 0.287 e. The van der Waals surface area contributed by atoms with Crippen molar-refractivity contribution in [2.75, 3.05) is 0 Å². The summed E-state index contributed by atoms with van der Waals surface area (Å²) in [7, 11) is 0. The molecule has 7 heteroatoms. The zero-order valence-corrected chi connectivity index (χ0v) is 12.8. The third-order valence-electron chi connectivity index (χ3n) is 2.90. The summed E-state index contributed by atoms with van der Waals surface area (Å²) >= 11 is 7.44. The van der Waals surface area contributed by atoms with Gasteiger partial charge in [-0.05, 0) is 30.7 Å². The molecule has 0 bridgehead atoms. The van der Waals surface area contributed by atoms with Crippen molar-refractivity contribution >= 4 is 34.5 Å². The van der Waals surface area contributed by atoms with Gasteiger partial charge in [-0.15, -0.1) is 11.3 Å². The lowest BCUT2D eigenvalue weighted by molar-refractivity contribution is -0.384. The lowest BCUT2D eigenvalue weighted by Gasteiger charge is -2.04. The Balaban J connectivity index is 2.03. The van der Waals surface area contributed by atoms with Crippen LogP contribution in [0.5, 0.6) is 0 Å². The van der Waals surface area contributed by atoms with Gasteiger partial charge in [-0.2, -0.15) is 0 Å². The van der Waals surface area contributed by atoms with Crippen LogP contribution < -0.4 is 5.32 Å². The van der Waals surface area contributed by atoms with Crippen molar-refractivity contribution in [2.24, 2.45) is 0 Å². The topological polar surface area (TPSA) is 72.2 Å². The lowest BCUT2D eigenvalue weighted by atomic mass is 10.2. The van der Waals surface area contributed by atoms with Gasteiger partial charge in [0.15, 0.2) is 0 Å². The van der Waals surface area contributed by atoms with Gasteiger partial charge in [0.25, 0.3) is 11.6 Å². The SMILES string of the molecule is CCc1ccc(CNC(=O)c2ccc([N+](=O)[O-])c(Cl)c2)s1. The third kappa shape index (κ3) is 3.80. The molecule has 0 saturated carbocycles. The molecular formula is C14H13ClN2O3S. The second-order valence-electron chi connectivity index (χ2n) is 4.33. The molecule has 2 aromatic rings. The molecule has 0 aliphatic carbocycles. The van der Waals surface area contributed by atoms with Crippen LogP contribution >= 0.6 is 22.9 Å². The predicted octanol–water partition coefficient (Wildman–Crippen LogP) is 3.80. The number of benzene rings is 1. The van der Waals surface area contributed by atoms with E-state index in [0.717, 1.165) is 11.3 Å². The molecule has 2 rings (SSSR count). The lowest BCUT2D eigenvalue weighted by Crippen LogP contribution is -2.22. The van der Waals surface area contributed by atoms with Crippen LogP contribution in [0.1, 0.15) is 27.0 Å². The number of nitrogens with zero attached hydrogens (tertiary/aromatic N) is 1. The quantitative estimate of drug-likeness (QED) is 0.671. The van der Waals surface area contributed by atoms with Crippen LogP contribution in [0.25, 0.3) is 0 Å². The van der Waals surface area contributed by atoms with Crippen molar-refractivity contribution in [3.63, 3.8) is 0 Å². The molecule has 1 aromatic carbocycles. The second kappa shape index (κ2) is 6.69. The number of carbonyl (C=O) groups is 1. The van der Waals surface area contributed by atoms with E-state index in [1.54, 1.807) is 11.3 Å². The highest BCUT2D eigenvalue weighted by molar-refractivity contribution is 7.11. The van der Waals surface area contributed by atoms with Gasteiger partial charge in [0.2, 0.25) is 0 Å². The Morgan fingerprint density at radius 3 is 2.62 bits per heavy atom. The average Bonchev–Trinajstić information content (AvgIpc) is 2.92. The number of hydrogen-bond acceptors (Lipinski definition) is 4. The van der Waals surface area contributed by atoms with Crippen molar-refractivity contribution in [3.8, 4) is 0 Å². The van der Waals surface area contributed by atoms with Gasteiger partial charge in [0, 0.05) is 21.4 Å². The van der Waals surface area contributed by atoms with E-state index in [2.05, 4.69) is 12.2 Å². The number of nitrogens with one attached hydrogen (secondary N) is 1. The molecule has 21 heavy (non-hydrogen) atoms. The van der Waals surface area contributed by atoms with Crippen molar-refractivity contribution in [1.82, 2.24) is 5.32 Å². The molecular weight excluding hydrogens is 312 g/mol. The number of rotatable bonds is 5. The first-order valence-electron chi connectivity index (χ1n) is 6.31. The van der Waals surface area contributed by atoms with Crippen LogP contribution in [0.3, 0.4) is 0 Å². The van der Waals surface area contributed by atoms with Crippen molar-refractivity contribution < 1.29 is 9.72 Å². The molecule has 0 unspecified atom stereocenters. The van der Waals surface area contributed by atoms with E-state index < -0.39 is 4.92 Å². The van der Waals surface area contributed by atoms with Crippen LogP contribution in [-0.4, -0.2) is 10.8 Å². The normalized spacial score (nSPS) is 10.4. The molecule has 1 amide bonds. The Morgan fingerprint density at radius 2 is 2.05 bits per heavy atom. The van der Waals surface area contributed by atoms with Crippen molar-refractivity contribution in [3.05, 3.63) is 60.8 Å². The van der Waals surface area contributed by atoms with Gasteiger partial charge >= 0.3 is 0 Å². The monoisotopic (exact) mass is 324 g/mol. The zero-order valence-electron chi connectivity index (χ0n) is 11.3. The fraction of sp³-hybridized carbons (Fsp3) is 0.214. The van der Waals surface area contributed by atoms with E-state index in [0.29, 0.717) is 12.1 Å². The summed E-state index contributed by atoms with van der Waals surface area (Å²) in [4.78, 5) is 24.4. The number of nitro benzene ring substituents is 1. The van der Waals surface area contributed by atoms with Gasteiger partial charge in [-0.3, -0.25) is 14.9 Å². The Kier molecular flexibility index (Phi) is 4.93. The number of thiophene rings is 1. The largest absolute Gasteiger partial charge is 0.347 e. The van der Waals surface area contributed by atoms with Gasteiger partial charge in [0.1, 0.15) is 5.02 Å². The Hall–Kier alpha value is -1.92. The van der Waals surface area contributed by atoms with Crippen LogP contribution in [0.4, 0.5) is 5.69 Å². The van der Waals surface area contributed by atoms with E-state index in [-0.39, 0.29) is 16.6 Å². The van der Waals surface area contributed by atoms with Crippen molar-refractivity contribution in [2.45, 2.75) is 19.9 Å².